The highest BCUT2D eigenvalue weighted by molar-refractivity contribution is 6.41. The van der Waals surface area contributed by atoms with Crippen LogP contribution in [0.2, 0.25) is 10.0 Å². The lowest BCUT2D eigenvalue weighted by molar-refractivity contribution is -0.118. The van der Waals surface area contributed by atoms with Crippen LogP contribution < -0.4 is 31.0 Å². The molecule has 0 radical (unpaired) electrons. The first-order valence-electron chi connectivity index (χ1n) is 14.5. The predicted octanol–water partition coefficient (Wildman–Crippen LogP) is 4.83. The van der Waals surface area contributed by atoms with E-state index in [1.807, 2.05) is 0 Å². The number of rotatable bonds is 11. The molecule has 14 heteroatoms. The van der Waals surface area contributed by atoms with E-state index in [2.05, 4.69) is 34.1 Å². The van der Waals surface area contributed by atoms with Crippen LogP contribution in [0.5, 0.6) is 11.5 Å². The Balaban J connectivity index is 1.63. The van der Waals surface area contributed by atoms with Crippen molar-refractivity contribution in [2.75, 3.05) is 38.1 Å². The molecule has 1 aliphatic heterocycles. The van der Waals surface area contributed by atoms with Crippen LogP contribution in [0.3, 0.4) is 0 Å². The second kappa shape index (κ2) is 14.7. The van der Waals surface area contributed by atoms with Gasteiger partial charge in [0.05, 0.1) is 55.1 Å². The maximum absolute atomic E-state index is 14.4. The van der Waals surface area contributed by atoms with Crippen LogP contribution in [0.1, 0.15) is 12.0 Å². The molecule has 244 valence electrons. The lowest BCUT2D eigenvalue weighted by Gasteiger charge is -2.32. The molecule has 1 aliphatic rings. The molecule has 2 aromatic carbocycles. The van der Waals surface area contributed by atoms with E-state index in [4.69, 9.17) is 42.4 Å². The molecule has 0 saturated carbocycles. The van der Waals surface area contributed by atoms with E-state index in [0.29, 0.717) is 36.4 Å². The minimum Gasteiger partial charge on any atom is -0.495 e. The standard InChI is InChI=1S/C33H32Cl2N6O6/c1-5-26(42)37-20-9-7-18(8-10-20)16-41-31-19(13-21(32(41)44)28-29(34)24(45-3)14-25(46-4)30(28)35)15-36-33(40-31)39-23-17-47-12-11-22(23)38-27(43)6-2/h5-10,13-15,22-23H,1-2,11-12,16-17H2,3-4H3,(H,37,42)(H,38,43)(H,36,39,40)/t22-,23+/m0/s1. The number of amides is 2. The number of carbonyl (C=O) groups is 2. The average molecular weight is 680 g/mol. The number of methoxy groups -OCH3 is 2. The van der Waals surface area contributed by atoms with Gasteiger partial charge in [0, 0.05) is 35.5 Å². The van der Waals surface area contributed by atoms with Gasteiger partial charge in [-0.25, -0.2) is 4.98 Å². The molecule has 0 bridgehead atoms. The molecule has 2 amide bonds. The molecule has 5 rings (SSSR count). The summed E-state index contributed by atoms with van der Waals surface area (Å²) >= 11 is 13.5. The van der Waals surface area contributed by atoms with Crippen molar-refractivity contribution in [3.8, 4) is 22.6 Å². The van der Waals surface area contributed by atoms with E-state index in [1.54, 1.807) is 42.6 Å². The van der Waals surface area contributed by atoms with Gasteiger partial charge < -0.3 is 30.2 Å². The number of fused-ring (bicyclic) bond motifs is 1. The van der Waals surface area contributed by atoms with Crippen molar-refractivity contribution in [3.05, 3.63) is 93.9 Å². The van der Waals surface area contributed by atoms with Gasteiger partial charge in [-0.1, -0.05) is 48.5 Å². The van der Waals surface area contributed by atoms with Gasteiger partial charge in [-0.3, -0.25) is 19.0 Å². The predicted molar refractivity (Wildman–Crippen MR) is 182 cm³/mol. The summed E-state index contributed by atoms with van der Waals surface area (Å²) in [6, 6.07) is 9.56. The van der Waals surface area contributed by atoms with Crippen molar-refractivity contribution in [1.82, 2.24) is 19.9 Å². The molecule has 4 aromatic rings. The van der Waals surface area contributed by atoms with Crippen LogP contribution in [0, 0.1) is 0 Å². The van der Waals surface area contributed by atoms with Gasteiger partial charge in [0.2, 0.25) is 17.8 Å². The Morgan fingerprint density at radius 3 is 2.36 bits per heavy atom. The molecule has 1 fully saturated rings. The fourth-order valence-corrected chi connectivity index (χ4v) is 5.91. The van der Waals surface area contributed by atoms with Crippen LogP contribution in [0.15, 0.2) is 72.7 Å². The molecule has 3 N–H and O–H groups in total. The van der Waals surface area contributed by atoms with E-state index in [9.17, 15) is 14.4 Å². The van der Waals surface area contributed by atoms with Crippen molar-refractivity contribution in [1.29, 1.82) is 0 Å². The Bertz CT molecular complexity index is 1880. The number of nitrogens with one attached hydrogen (secondary N) is 3. The van der Waals surface area contributed by atoms with Gasteiger partial charge in [0.1, 0.15) is 17.1 Å². The van der Waals surface area contributed by atoms with Crippen molar-refractivity contribution >= 4 is 57.7 Å². The molecule has 2 aromatic heterocycles. The van der Waals surface area contributed by atoms with Crippen LogP contribution in [-0.4, -0.2) is 65.9 Å². The number of benzene rings is 2. The normalized spacial score (nSPS) is 15.8. The number of aromatic nitrogens is 3. The molecular formula is C33H32Cl2N6O6. The maximum Gasteiger partial charge on any atom is 0.260 e. The van der Waals surface area contributed by atoms with E-state index >= 15 is 0 Å². The molecule has 12 nitrogen and oxygen atoms in total. The molecule has 0 spiro atoms. The average Bonchev–Trinajstić information content (AvgIpc) is 3.08. The molecule has 3 heterocycles. The number of pyridine rings is 1. The van der Waals surface area contributed by atoms with Crippen LogP contribution in [0.4, 0.5) is 11.6 Å². The summed E-state index contributed by atoms with van der Waals surface area (Å²) in [5.41, 5.74) is 1.59. The molecule has 2 atom stereocenters. The van der Waals surface area contributed by atoms with E-state index in [1.165, 1.54) is 30.9 Å². The Morgan fingerprint density at radius 1 is 1.04 bits per heavy atom. The topological polar surface area (TPSA) is 146 Å². The Hall–Kier alpha value is -4.91. The monoisotopic (exact) mass is 678 g/mol. The molecule has 0 aliphatic carbocycles. The highest BCUT2D eigenvalue weighted by atomic mass is 35.5. The number of nitrogens with zero attached hydrogens (tertiary/aromatic N) is 3. The first kappa shape index (κ1) is 33.5. The second-order valence-electron chi connectivity index (χ2n) is 10.5. The minimum atomic E-state index is -0.442. The lowest BCUT2D eigenvalue weighted by Crippen LogP contribution is -2.52. The summed E-state index contributed by atoms with van der Waals surface area (Å²) < 4.78 is 18.0. The third-order valence-electron chi connectivity index (χ3n) is 7.60. The summed E-state index contributed by atoms with van der Waals surface area (Å²) in [6.45, 7) is 7.88. The van der Waals surface area contributed by atoms with Crippen molar-refractivity contribution < 1.29 is 23.8 Å². The van der Waals surface area contributed by atoms with Crippen LogP contribution in [-0.2, 0) is 20.9 Å². The number of halogens is 2. The third kappa shape index (κ3) is 7.25. The maximum atomic E-state index is 14.4. The summed E-state index contributed by atoms with van der Waals surface area (Å²) in [5, 5.41) is 9.66. The summed E-state index contributed by atoms with van der Waals surface area (Å²) in [6.07, 6.45) is 4.55. The first-order chi connectivity index (χ1) is 22.7. The van der Waals surface area contributed by atoms with Gasteiger partial charge >= 0.3 is 0 Å². The zero-order valence-electron chi connectivity index (χ0n) is 25.6. The van der Waals surface area contributed by atoms with Gasteiger partial charge in [-0.05, 0) is 42.3 Å². The highest BCUT2D eigenvalue weighted by Gasteiger charge is 2.28. The summed E-state index contributed by atoms with van der Waals surface area (Å²) in [7, 11) is 2.90. The largest absolute Gasteiger partial charge is 0.495 e. The van der Waals surface area contributed by atoms with Crippen LogP contribution >= 0.6 is 23.2 Å². The Morgan fingerprint density at radius 2 is 1.72 bits per heavy atom. The first-order valence-corrected chi connectivity index (χ1v) is 15.2. The summed E-state index contributed by atoms with van der Waals surface area (Å²) in [5.74, 6) is 0.130. The number of ether oxygens (including phenoxy) is 3. The quantitative estimate of drug-likeness (QED) is 0.190. The number of hydrogen-bond donors (Lipinski definition) is 3. The fraction of sp³-hybridized carbons (Fsp3) is 0.242. The van der Waals surface area contributed by atoms with Gasteiger partial charge in [-0.2, -0.15) is 4.98 Å². The van der Waals surface area contributed by atoms with Gasteiger partial charge in [0.15, 0.2) is 0 Å². The second-order valence-corrected chi connectivity index (χ2v) is 11.3. The smallest absolute Gasteiger partial charge is 0.260 e. The molecular weight excluding hydrogens is 647 g/mol. The van der Waals surface area contributed by atoms with Crippen molar-refractivity contribution in [2.45, 2.75) is 25.0 Å². The number of anilines is 2. The Kier molecular flexibility index (Phi) is 10.4. The van der Waals surface area contributed by atoms with E-state index in [-0.39, 0.29) is 69.1 Å². The Labute approximate surface area is 280 Å². The molecule has 1 saturated heterocycles. The summed E-state index contributed by atoms with van der Waals surface area (Å²) in [4.78, 5) is 47.5. The lowest BCUT2D eigenvalue weighted by atomic mass is 10.0. The highest BCUT2D eigenvalue weighted by Crippen LogP contribution is 2.45. The number of carbonyl (C=O) groups excluding carboxylic acids is 2. The van der Waals surface area contributed by atoms with Crippen LogP contribution in [0.25, 0.3) is 22.2 Å². The van der Waals surface area contributed by atoms with E-state index < -0.39 is 5.56 Å². The number of hydrogen-bond acceptors (Lipinski definition) is 9. The zero-order valence-corrected chi connectivity index (χ0v) is 27.2. The SMILES string of the molecule is C=CC(=O)Nc1ccc(Cn2c(=O)c(-c3c(Cl)c(OC)cc(OC)c3Cl)cc3cnc(N[C@@H]4COCC[C@@H]4NC(=O)C=C)nc32)cc1. The van der Waals surface area contributed by atoms with Crippen molar-refractivity contribution in [2.24, 2.45) is 0 Å². The minimum absolute atomic E-state index is 0.0935. The third-order valence-corrected chi connectivity index (χ3v) is 8.35. The van der Waals surface area contributed by atoms with Gasteiger partial charge in [0.25, 0.3) is 5.56 Å². The van der Waals surface area contributed by atoms with Crippen molar-refractivity contribution in [3.63, 3.8) is 0 Å². The molecule has 47 heavy (non-hydrogen) atoms. The molecule has 0 unspecified atom stereocenters. The van der Waals surface area contributed by atoms with Gasteiger partial charge in [-0.15, -0.1) is 0 Å². The van der Waals surface area contributed by atoms with E-state index in [0.717, 1.165) is 5.56 Å². The zero-order chi connectivity index (χ0) is 33.7. The fourth-order valence-electron chi connectivity index (χ4n) is 5.21.